The molecule has 0 aromatic carbocycles. The number of azide groups is 1. The average Bonchev–Trinajstić information content (AvgIpc) is 2.66. The van der Waals surface area contributed by atoms with Crippen LogP contribution in [0.4, 0.5) is 0 Å². The Balaban J connectivity index is 1.88. The van der Waals surface area contributed by atoms with Gasteiger partial charge in [-0.3, -0.25) is 4.79 Å². The van der Waals surface area contributed by atoms with Gasteiger partial charge in [-0.2, -0.15) is 0 Å². The zero-order valence-corrected chi connectivity index (χ0v) is 19.2. The molecule has 0 amide bonds. The van der Waals surface area contributed by atoms with E-state index in [4.69, 9.17) is 15.0 Å². The summed E-state index contributed by atoms with van der Waals surface area (Å²) in [4.78, 5) is 15.2. The lowest BCUT2D eigenvalue weighted by Gasteiger charge is -2.45. The van der Waals surface area contributed by atoms with Crippen molar-refractivity contribution in [2.75, 3.05) is 6.54 Å². The second-order valence-electron chi connectivity index (χ2n) is 9.18. The molecular weight excluding hydrogens is 390 g/mol. The van der Waals surface area contributed by atoms with Gasteiger partial charge < -0.3 is 9.47 Å². The fourth-order valence-electron chi connectivity index (χ4n) is 4.53. The van der Waals surface area contributed by atoms with Crippen LogP contribution < -0.4 is 0 Å². The van der Waals surface area contributed by atoms with E-state index >= 15 is 0 Å². The summed E-state index contributed by atoms with van der Waals surface area (Å²) in [6.07, 6.45) is 13.1. The first kappa shape index (κ1) is 23.3. The van der Waals surface area contributed by atoms with Gasteiger partial charge in [0, 0.05) is 23.8 Å². The zero-order chi connectivity index (χ0) is 22.6. The Morgan fingerprint density at radius 1 is 1.26 bits per heavy atom. The third-order valence-electron chi connectivity index (χ3n) is 6.02. The maximum absolute atomic E-state index is 12.3. The van der Waals surface area contributed by atoms with Gasteiger partial charge in [0.25, 0.3) is 0 Å². The van der Waals surface area contributed by atoms with E-state index in [2.05, 4.69) is 49.9 Å². The molecule has 31 heavy (non-hydrogen) atoms. The van der Waals surface area contributed by atoms with Gasteiger partial charge in [-0.25, -0.2) is 0 Å². The van der Waals surface area contributed by atoms with Gasteiger partial charge in [0.2, 0.25) is 5.79 Å². The van der Waals surface area contributed by atoms with Crippen LogP contribution in [0.25, 0.3) is 10.4 Å². The van der Waals surface area contributed by atoms with Crippen molar-refractivity contribution in [3.05, 3.63) is 68.7 Å². The van der Waals surface area contributed by atoms with Crippen LogP contribution in [0.15, 0.2) is 63.4 Å². The number of allylic oxidation sites excluding steroid dienone is 4. The average molecular weight is 424 g/mol. The normalized spacial score (nSPS) is 30.6. The van der Waals surface area contributed by atoms with Gasteiger partial charge in [0.05, 0.1) is 12.2 Å². The smallest absolute Gasteiger partial charge is 0.209 e. The molecule has 0 bridgehead atoms. The maximum Gasteiger partial charge on any atom is 0.209 e. The van der Waals surface area contributed by atoms with E-state index in [9.17, 15) is 4.79 Å². The minimum absolute atomic E-state index is 0.0967. The van der Waals surface area contributed by atoms with Crippen molar-refractivity contribution < 1.29 is 14.3 Å². The number of ketones is 1. The van der Waals surface area contributed by atoms with Gasteiger partial charge in [0.1, 0.15) is 0 Å². The first-order valence-corrected chi connectivity index (χ1v) is 11.0. The molecule has 1 aliphatic carbocycles. The lowest BCUT2D eigenvalue weighted by molar-refractivity contribution is -0.224. The number of hydrogen-bond acceptors (Lipinski definition) is 4. The topological polar surface area (TPSA) is 84.3 Å². The van der Waals surface area contributed by atoms with Crippen LogP contribution in [0.2, 0.25) is 0 Å². The van der Waals surface area contributed by atoms with Crippen molar-refractivity contribution in [3.63, 3.8) is 0 Å². The van der Waals surface area contributed by atoms with E-state index in [-0.39, 0.29) is 30.5 Å². The highest BCUT2D eigenvalue weighted by Gasteiger charge is 2.45. The van der Waals surface area contributed by atoms with E-state index in [1.54, 1.807) is 0 Å². The molecule has 2 aliphatic heterocycles. The molecule has 2 heterocycles. The van der Waals surface area contributed by atoms with Gasteiger partial charge in [-0.15, -0.1) is 0 Å². The number of rotatable bonds is 6. The number of ether oxygens (including phenoxy) is 2. The van der Waals surface area contributed by atoms with Crippen LogP contribution in [0.1, 0.15) is 60.3 Å². The molecule has 6 nitrogen and oxygen atoms in total. The Kier molecular flexibility index (Phi) is 7.37. The highest BCUT2D eigenvalue weighted by molar-refractivity contribution is 5.96. The molecule has 0 N–H and O–H groups in total. The summed E-state index contributed by atoms with van der Waals surface area (Å²) in [5.41, 5.74) is 14.3. The van der Waals surface area contributed by atoms with Crippen molar-refractivity contribution in [3.8, 4) is 0 Å². The number of nitrogens with zero attached hydrogens (tertiary/aromatic N) is 3. The predicted octanol–water partition coefficient (Wildman–Crippen LogP) is 6.28. The fourth-order valence-corrected chi connectivity index (χ4v) is 4.53. The predicted molar refractivity (Wildman–Crippen MR) is 122 cm³/mol. The van der Waals surface area contributed by atoms with E-state index in [1.165, 1.54) is 16.7 Å². The molecule has 0 unspecified atom stereocenters. The summed E-state index contributed by atoms with van der Waals surface area (Å²) in [7, 11) is 0. The van der Waals surface area contributed by atoms with Gasteiger partial charge >= 0.3 is 0 Å². The molecule has 3 rings (SSSR count). The standard InChI is InChI=1S/C25H33N3O3/c1-16(2)7-6-8-17(3)9-21-10-18(4)13-25(30-21)14-20(15-27-28-26)22-12-23(29)19(5)11-24(22)31-25/h7,9,11,13-14,21-22,24H,6,8,10,12,15H2,1-5H3/b17-9+/t21-,22-,24-,25+/m0/s1. The lowest BCUT2D eigenvalue weighted by Crippen LogP contribution is -2.49. The zero-order valence-electron chi connectivity index (χ0n) is 19.2. The number of Topliss-reactive ketones (excluding diaryl/α,β-unsaturated/α-hetero) is 1. The van der Waals surface area contributed by atoms with E-state index in [0.717, 1.165) is 24.8 Å². The minimum Gasteiger partial charge on any atom is -0.335 e. The third-order valence-corrected chi connectivity index (χ3v) is 6.02. The van der Waals surface area contributed by atoms with Crippen molar-refractivity contribution in [1.29, 1.82) is 0 Å². The first-order valence-electron chi connectivity index (χ1n) is 11.0. The molecule has 4 atom stereocenters. The third kappa shape index (κ3) is 5.85. The summed E-state index contributed by atoms with van der Waals surface area (Å²) in [5.74, 6) is -1.02. The molecule has 0 saturated heterocycles. The molecule has 1 spiro atoms. The van der Waals surface area contributed by atoms with Crippen LogP contribution in [-0.4, -0.2) is 30.3 Å². The molecule has 0 radical (unpaired) electrons. The molecule has 0 aromatic rings. The van der Waals surface area contributed by atoms with Gasteiger partial charge in [-0.1, -0.05) is 39.6 Å². The second kappa shape index (κ2) is 9.82. The Labute approximate surface area is 185 Å². The van der Waals surface area contributed by atoms with Crippen molar-refractivity contribution in [2.45, 2.75) is 78.3 Å². The van der Waals surface area contributed by atoms with E-state index in [0.29, 0.717) is 12.0 Å². The quantitative estimate of drug-likeness (QED) is 0.218. The Hall–Kier alpha value is -2.40. The highest BCUT2D eigenvalue weighted by atomic mass is 16.7. The van der Waals surface area contributed by atoms with Crippen molar-refractivity contribution in [1.82, 2.24) is 0 Å². The number of fused-ring (bicyclic) bond motifs is 1. The van der Waals surface area contributed by atoms with E-state index in [1.807, 2.05) is 25.2 Å². The Morgan fingerprint density at radius 2 is 2.03 bits per heavy atom. The van der Waals surface area contributed by atoms with Crippen molar-refractivity contribution >= 4 is 5.78 Å². The molecule has 3 aliphatic rings. The lowest BCUT2D eigenvalue weighted by atomic mass is 9.78. The maximum atomic E-state index is 12.3. The minimum atomic E-state index is -1.01. The van der Waals surface area contributed by atoms with Crippen LogP contribution in [0.5, 0.6) is 0 Å². The van der Waals surface area contributed by atoms with Crippen molar-refractivity contribution in [2.24, 2.45) is 11.0 Å². The summed E-state index contributed by atoms with van der Waals surface area (Å²) >= 11 is 0. The largest absolute Gasteiger partial charge is 0.335 e. The molecule has 0 aromatic heterocycles. The van der Waals surface area contributed by atoms with Crippen LogP contribution in [-0.2, 0) is 14.3 Å². The van der Waals surface area contributed by atoms with Gasteiger partial charge in [0.15, 0.2) is 5.78 Å². The number of carbonyl (C=O) groups is 1. The van der Waals surface area contributed by atoms with Crippen LogP contribution in [0, 0.1) is 5.92 Å². The monoisotopic (exact) mass is 423 g/mol. The summed E-state index contributed by atoms with van der Waals surface area (Å²) in [6.45, 7) is 10.5. The summed E-state index contributed by atoms with van der Waals surface area (Å²) in [6, 6.07) is 0. The molecule has 6 heteroatoms. The fraction of sp³-hybridized carbons (Fsp3) is 0.560. The molecule has 0 fully saturated rings. The van der Waals surface area contributed by atoms with Gasteiger partial charge in [-0.05, 0) is 83.2 Å². The Bertz CT molecular complexity index is 930. The SMILES string of the molecule is CC(C)=CCC/C(C)=C/[C@H]1CC(C)=C[C@@]2(C=C(CN=[N+]=[N-])[C@@H]3CC(=O)C(C)=C[C@@H]3O2)O1. The number of carbonyl (C=O) groups excluding carboxylic acids is 1. The molecular formula is C25H33N3O3. The number of hydrogen-bond donors (Lipinski definition) is 0. The van der Waals surface area contributed by atoms with Crippen LogP contribution >= 0.6 is 0 Å². The summed E-state index contributed by atoms with van der Waals surface area (Å²) in [5, 5.41) is 3.77. The summed E-state index contributed by atoms with van der Waals surface area (Å²) < 4.78 is 13.0. The van der Waals surface area contributed by atoms with E-state index < -0.39 is 5.79 Å². The molecule has 166 valence electrons. The van der Waals surface area contributed by atoms with Crippen LogP contribution in [0.3, 0.4) is 0 Å². The second-order valence-corrected chi connectivity index (χ2v) is 9.18. The first-order chi connectivity index (χ1) is 14.7. The Morgan fingerprint density at radius 3 is 2.74 bits per heavy atom. The highest BCUT2D eigenvalue weighted by Crippen LogP contribution is 2.42. The molecule has 0 saturated carbocycles.